The highest BCUT2D eigenvalue weighted by molar-refractivity contribution is 6.16. The lowest BCUT2D eigenvalue weighted by Gasteiger charge is -2.16. The van der Waals surface area contributed by atoms with E-state index in [2.05, 4.69) is 67.4 Å². The SMILES string of the molecule is CC/C(=C1\C=CC=CC1=NCc1ccncc1)c1ccccc1C. The van der Waals surface area contributed by atoms with Crippen LogP contribution in [0.15, 0.2) is 83.7 Å². The zero-order valence-corrected chi connectivity index (χ0v) is 14.2. The second kappa shape index (κ2) is 7.69. The van der Waals surface area contributed by atoms with E-state index in [0.29, 0.717) is 6.54 Å². The van der Waals surface area contributed by atoms with Crippen LogP contribution in [0.5, 0.6) is 0 Å². The molecule has 3 rings (SSSR count). The molecular weight excluding hydrogens is 292 g/mol. The Morgan fingerprint density at radius 2 is 1.75 bits per heavy atom. The number of aromatic nitrogens is 1. The van der Waals surface area contributed by atoms with Gasteiger partial charge in [0.2, 0.25) is 0 Å². The van der Waals surface area contributed by atoms with Crippen molar-refractivity contribution in [1.82, 2.24) is 4.98 Å². The Hall–Kier alpha value is -2.74. The number of benzene rings is 1. The molecule has 1 aromatic heterocycles. The summed E-state index contributed by atoms with van der Waals surface area (Å²) in [7, 11) is 0. The van der Waals surface area contributed by atoms with Crippen molar-refractivity contribution < 1.29 is 0 Å². The third-order valence-corrected chi connectivity index (χ3v) is 4.23. The lowest BCUT2D eigenvalue weighted by atomic mass is 9.90. The van der Waals surface area contributed by atoms with E-state index < -0.39 is 0 Å². The number of nitrogens with zero attached hydrogens (tertiary/aromatic N) is 2. The van der Waals surface area contributed by atoms with Gasteiger partial charge in [-0.3, -0.25) is 9.98 Å². The predicted octanol–water partition coefficient (Wildman–Crippen LogP) is 5.32. The summed E-state index contributed by atoms with van der Waals surface area (Å²) < 4.78 is 0. The van der Waals surface area contributed by atoms with Gasteiger partial charge in [0.15, 0.2) is 0 Å². The van der Waals surface area contributed by atoms with Crippen LogP contribution in [-0.2, 0) is 6.54 Å². The van der Waals surface area contributed by atoms with Gasteiger partial charge in [0.1, 0.15) is 0 Å². The molecule has 0 bridgehead atoms. The van der Waals surface area contributed by atoms with Gasteiger partial charge in [-0.15, -0.1) is 0 Å². The Labute approximate surface area is 144 Å². The molecule has 24 heavy (non-hydrogen) atoms. The van der Waals surface area contributed by atoms with Crippen LogP contribution < -0.4 is 0 Å². The summed E-state index contributed by atoms with van der Waals surface area (Å²) in [5.41, 5.74) is 7.42. The van der Waals surface area contributed by atoms with Crippen LogP contribution in [0.1, 0.15) is 30.0 Å². The quantitative estimate of drug-likeness (QED) is 0.749. The van der Waals surface area contributed by atoms with Crippen molar-refractivity contribution in [2.75, 3.05) is 0 Å². The van der Waals surface area contributed by atoms with Gasteiger partial charge >= 0.3 is 0 Å². The molecule has 2 heteroatoms. The normalized spacial score (nSPS) is 17.3. The Balaban J connectivity index is 2.01. The first-order chi connectivity index (χ1) is 11.8. The summed E-state index contributed by atoms with van der Waals surface area (Å²) in [6.07, 6.45) is 13.0. The molecular formula is C22H22N2. The fourth-order valence-electron chi connectivity index (χ4n) is 2.97. The largest absolute Gasteiger partial charge is 0.280 e. The number of rotatable bonds is 4. The summed E-state index contributed by atoms with van der Waals surface area (Å²) in [5.74, 6) is 0. The molecule has 0 spiro atoms. The third-order valence-electron chi connectivity index (χ3n) is 4.23. The predicted molar refractivity (Wildman–Crippen MR) is 102 cm³/mol. The Morgan fingerprint density at radius 1 is 1.00 bits per heavy atom. The summed E-state index contributed by atoms with van der Waals surface area (Å²) in [5, 5.41) is 0. The molecule has 0 saturated carbocycles. The molecule has 2 aromatic rings. The number of allylic oxidation sites excluding steroid dienone is 6. The van der Waals surface area contributed by atoms with E-state index in [1.165, 1.54) is 27.8 Å². The van der Waals surface area contributed by atoms with Crippen molar-refractivity contribution in [3.63, 3.8) is 0 Å². The van der Waals surface area contributed by atoms with Crippen LogP contribution >= 0.6 is 0 Å². The number of aliphatic imine (C=N–C) groups is 1. The Kier molecular flexibility index (Phi) is 5.17. The molecule has 2 nitrogen and oxygen atoms in total. The first kappa shape index (κ1) is 16.1. The van der Waals surface area contributed by atoms with Gasteiger partial charge in [-0.25, -0.2) is 0 Å². The molecule has 120 valence electrons. The second-order valence-electron chi connectivity index (χ2n) is 5.84. The van der Waals surface area contributed by atoms with Crippen molar-refractivity contribution >= 4 is 11.3 Å². The maximum atomic E-state index is 4.85. The zero-order chi connectivity index (χ0) is 16.8. The standard InChI is InChI=1S/C22H22N2/c1-3-19(20-9-5-4-8-17(20)2)21-10-6-7-11-22(21)24-16-18-12-14-23-15-13-18/h4-15H,3,16H2,1-2H3/b21-19-,24-22?. The molecule has 0 fully saturated rings. The van der Waals surface area contributed by atoms with E-state index in [1.807, 2.05) is 24.5 Å². The summed E-state index contributed by atoms with van der Waals surface area (Å²) in [4.78, 5) is 8.91. The molecule has 0 radical (unpaired) electrons. The number of pyridine rings is 1. The van der Waals surface area contributed by atoms with Crippen LogP contribution in [0, 0.1) is 6.92 Å². The molecule has 1 heterocycles. The van der Waals surface area contributed by atoms with Gasteiger partial charge in [-0.2, -0.15) is 0 Å². The smallest absolute Gasteiger partial charge is 0.0653 e. The van der Waals surface area contributed by atoms with E-state index >= 15 is 0 Å². The lowest BCUT2D eigenvalue weighted by molar-refractivity contribution is 1.06. The summed E-state index contributed by atoms with van der Waals surface area (Å²) in [6.45, 7) is 5.05. The highest BCUT2D eigenvalue weighted by Crippen LogP contribution is 2.28. The maximum Gasteiger partial charge on any atom is 0.0653 e. The van der Waals surface area contributed by atoms with E-state index in [4.69, 9.17) is 4.99 Å². The van der Waals surface area contributed by atoms with Gasteiger partial charge in [-0.1, -0.05) is 49.4 Å². The monoisotopic (exact) mass is 314 g/mol. The summed E-state index contributed by atoms with van der Waals surface area (Å²) in [6, 6.07) is 12.6. The average molecular weight is 314 g/mol. The van der Waals surface area contributed by atoms with Crippen LogP contribution in [0.2, 0.25) is 0 Å². The van der Waals surface area contributed by atoms with Gasteiger partial charge in [0, 0.05) is 18.0 Å². The topological polar surface area (TPSA) is 25.2 Å². The molecule has 1 aliphatic rings. The molecule has 0 saturated heterocycles. The maximum absolute atomic E-state index is 4.85. The first-order valence-electron chi connectivity index (χ1n) is 8.37. The van der Waals surface area contributed by atoms with E-state index in [9.17, 15) is 0 Å². The Morgan fingerprint density at radius 3 is 2.50 bits per heavy atom. The van der Waals surface area contributed by atoms with Crippen LogP contribution in [0.4, 0.5) is 0 Å². The van der Waals surface area contributed by atoms with Gasteiger partial charge in [0.05, 0.1) is 12.3 Å². The fraction of sp³-hybridized carbons (Fsp3) is 0.182. The van der Waals surface area contributed by atoms with Crippen LogP contribution in [-0.4, -0.2) is 10.7 Å². The molecule has 0 atom stereocenters. The molecule has 1 aromatic carbocycles. The minimum atomic E-state index is 0.671. The highest BCUT2D eigenvalue weighted by Gasteiger charge is 2.13. The first-order valence-corrected chi connectivity index (χ1v) is 8.37. The fourth-order valence-corrected chi connectivity index (χ4v) is 2.97. The van der Waals surface area contributed by atoms with Gasteiger partial charge in [-0.05, 0) is 53.8 Å². The number of aryl methyl sites for hydroxylation is 1. The van der Waals surface area contributed by atoms with Crippen LogP contribution in [0.3, 0.4) is 0 Å². The van der Waals surface area contributed by atoms with Crippen molar-refractivity contribution in [3.05, 3.63) is 95.4 Å². The molecule has 0 amide bonds. The van der Waals surface area contributed by atoms with E-state index in [-0.39, 0.29) is 0 Å². The van der Waals surface area contributed by atoms with E-state index in [1.54, 1.807) is 0 Å². The third kappa shape index (κ3) is 3.60. The van der Waals surface area contributed by atoms with Crippen molar-refractivity contribution in [3.8, 4) is 0 Å². The molecule has 0 aliphatic heterocycles. The molecule has 1 aliphatic carbocycles. The van der Waals surface area contributed by atoms with Gasteiger partial charge < -0.3 is 0 Å². The zero-order valence-electron chi connectivity index (χ0n) is 14.2. The summed E-state index contributed by atoms with van der Waals surface area (Å²) >= 11 is 0. The molecule has 0 N–H and O–H groups in total. The minimum absolute atomic E-state index is 0.671. The minimum Gasteiger partial charge on any atom is -0.280 e. The second-order valence-corrected chi connectivity index (χ2v) is 5.84. The van der Waals surface area contributed by atoms with E-state index in [0.717, 1.165) is 12.1 Å². The average Bonchev–Trinajstić information content (AvgIpc) is 2.64. The van der Waals surface area contributed by atoms with Crippen LogP contribution in [0.25, 0.3) is 5.57 Å². The Bertz CT molecular complexity index is 824. The van der Waals surface area contributed by atoms with Gasteiger partial charge in [0.25, 0.3) is 0 Å². The molecule has 0 unspecified atom stereocenters. The number of hydrogen-bond acceptors (Lipinski definition) is 2. The van der Waals surface area contributed by atoms with Crippen molar-refractivity contribution in [2.45, 2.75) is 26.8 Å². The van der Waals surface area contributed by atoms with Crippen molar-refractivity contribution in [1.29, 1.82) is 0 Å². The lowest BCUT2D eigenvalue weighted by Crippen LogP contribution is -2.05. The number of hydrogen-bond donors (Lipinski definition) is 0. The van der Waals surface area contributed by atoms with Crippen molar-refractivity contribution in [2.24, 2.45) is 4.99 Å². The highest BCUT2D eigenvalue weighted by atomic mass is 14.7.